The Bertz CT molecular complexity index is 1020. The predicted octanol–water partition coefficient (Wildman–Crippen LogP) is 4.44. The summed E-state index contributed by atoms with van der Waals surface area (Å²) in [5.74, 6) is -0.694. The molecule has 9 heteroatoms. The SMILES string of the molecule is COC(=O)[C@H](CCC(=O)c1ccc(OCc2ccccc2F)c(OC)c1)NC(=O)OC(C)(C)C. The van der Waals surface area contributed by atoms with Gasteiger partial charge in [-0.1, -0.05) is 18.2 Å². The van der Waals surface area contributed by atoms with Crippen molar-refractivity contribution in [2.75, 3.05) is 14.2 Å². The number of ketones is 1. The van der Waals surface area contributed by atoms with Crippen LogP contribution in [0.15, 0.2) is 42.5 Å². The number of hydrogen-bond donors (Lipinski definition) is 1. The predicted molar refractivity (Wildman–Crippen MR) is 122 cm³/mol. The number of carbonyl (C=O) groups is 3. The van der Waals surface area contributed by atoms with Crippen molar-refractivity contribution >= 4 is 17.8 Å². The molecule has 0 aliphatic heterocycles. The second-order valence-electron chi connectivity index (χ2n) is 8.43. The van der Waals surface area contributed by atoms with E-state index in [1.807, 2.05) is 0 Å². The second kappa shape index (κ2) is 12.0. The highest BCUT2D eigenvalue weighted by atomic mass is 19.1. The van der Waals surface area contributed by atoms with E-state index < -0.39 is 23.7 Å². The van der Waals surface area contributed by atoms with Crippen LogP contribution >= 0.6 is 0 Å². The monoisotopic (exact) mass is 475 g/mol. The van der Waals surface area contributed by atoms with Crippen LogP contribution in [0.4, 0.5) is 9.18 Å². The zero-order valence-corrected chi connectivity index (χ0v) is 20.0. The number of rotatable bonds is 10. The number of Topliss-reactive ketones (excluding diaryl/α,β-unsaturated/α-hetero) is 1. The summed E-state index contributed by atoms with van der Waals surface area (Å²) in [5, 5.41) is 2.44. The molecule has 0 spiro atoms. The third kappa shape index (κ3) is 8.06. The number of ether oxygens (including phenoxy) is 4. The van der Waals surface area contributed by atoms with Gasteiger partial charge in [0.1, 0.15) is 24.1 Å². The lowest BCUT2D eigenvalue weighted by Crippen LogP contribution is -2.44. The Kier molecular flexibility index (Phi) is 9.41. The molecule has 0 saturated carbocycles. The fraction of sp³-hybridized carbons (Fsp3) is 0.400. The maximum absolute atomic E-state index is 13.8. The van der Waals surface area contributed by atoms with Gasteiger partial charge in [-0.05, 0) is 51.5 Å². The molecule has 0 aliphatic carbocycles. The Morgan fingerprint density at radius 2 is 1.74 bits per heavy atom. The van der Waals surface area contributed by atoms with E-state index in [4.69, 9.17) is 18.9 Å². The third-order valence-electron chi connectivity index (χ3n) is 4.66. The number of amides is 1. The van der Waals surface area contributed by atoms with Gasteiger partial charge in [0.2, 0.25) is 0 Å². The highest BCUT2D eigenvalue weighted by Crippen LogP contribution is 2.29. The molecule has 0 heterocycles. The van der Waals surface area contributed by atoms with Crippen LogP contribution < -0.4 is 14.8 Å². The topological polar surface area (TPSA) is 100 Å². The number of hydrogen-bond acceptors (Lipinski definition) is 7. The van der Waals surface area contributed by atoms with Crippen molar-refractivity contribution in [2.24, 2.45) is 0 Å². The van der Waals surface area contributed by atoms with Gasteiger partial charge in [-0.2, -0.15) is 0 Å². The molecule has 8 nitrogen and oxygen atoms in total. The molecule has 0 aliphatic rings. The van der Waals surface area contributed by atoms with Gasteiger partial charge in [-0.25, -0.2) is 14.0 Å². The zero-order chi connectivity index (χ0) is 25.3. The lowest BCUT2D eigenvalue weighted by Gasteiger charge is -2.22. The van der Waals surface area contributed by atoms with Crippen molar-refractivity contribution in [3.63, 3.8) is 0 Å². The number of nitrogens with one attached hydrogen (secondary N) is 1. The summed E-state index contributed by atoms with van der Waals surface area (Å²) in [7, 11) is 2.62. The summed E-state index contributed by atoms with van der Waals surface area (Å²) in [4.78, 5) is 36.8. The molecule has 184 valence electrons. The number of alkyl carbamates (subject to hydrolysis) is 1. The van der Waals surface area contributed by atoms with E-state index in [1.165, 1.54) is 26.4 Å². The molecule has 0 bridgehead atoms. The average Bonchev–Trinajstić information content (AvgIpc) is 2.79. The molecule has 0 fully saturated rings. The summed E-state index contributed by atoms with van der Waals surface area (Å²) >= 11 is 0. The molecule has 0 aromatic heterocycles. The zero-order valence-electron chi connectivity index (χ0n) is 20.0. The van der Waals surface area contributed by atoms with Crippen molar-refractivity contribution < 1.29 is 37.7 Å². The Labute approximate surface area is 198 Å². The summed E-state index contributed by atoms with van der Waals surface area (Å²) in [6, 6.07) is 9.83. The van der Waals surface area contributed by atoms with Crippen LogP contribution in [-0.4, -0.2) is 43.7 Å². The summed E-state index contributed by atoms with van der Waals surface area (Å²) in [6.07, 6.45) is -0.819. The number of benzene rings is 2. The Balaban J connectivity index is 2.04. The minimum atomic E-state index is -1.05. The first kappa shape index (κ1) is 26.6. The van der Waals surface area contributed by atoms with Crippen LogP contribution in [0.1, 0.15) is 49.5 Å². The van der Waals surface area contributed by atoms with E-state index in [1.54, 1.807) is 51.1 Å². The van der Waals surface area contributed by atoms with Crippen LogP contribution in [0.3, 0.4) is 0 Å². The lowest BCUT2D eigenvalue weighted by atomic mass is 10.0. The van der Waals surface area contributed by atoms with Crippen molar-refractivity contribution in [1.29, 1.82) is 0 Å². The molecule has 1 amide bonds. The molecular weight excluding hydrogens is 445 g/mol. The molecule has 34 heavy (non-hydrogen) atoms. The fourth-order valence-corrected chi connectivity index (χ4v) is 2.99. The largest absolute Gasteiger partial charge is 0.493 e. The molecule has 0 unspecified atom stereocenters. The van der Waals surface area contributed by atoms with E-state index in [9.17, 15) is 18.8 Å². The van der Waals surface area contributed by atoms with Gasteiger partial charge in [0, 0.05) is 17.5 Å². The Morgan fingerprint density at radius 1 is 1.03 bits per heavy atom. The minimum Gasteiger partial charge on any atom is -0.493 e. The normalized spacial score (nSPS) is 11.8. The van der Waals surface area contributed by atoms with Gasteiger partial charge in [0.15, 0.2) is 17.3 Å². The number of esters is 1. The number of halogens is 1. The van der Waals surface area contributed by atoms with Gasteiger partial charge < -0.3 is 24.3 Å². The maximum Gasteiger partial charge on any atom is 0.408 e. The van der Waals surface area contributed by atoms with Gasteiger partial charge in [0.05, 0.1) is 14.2 Å². The molecular formula is C25H30FNO7. The van der Waals surface area contributed by atoms with Crippen molar-refractivity contribution in [1.82, 2.24) is 5.32 Å². The van der Waals surface area contributed by atoms with Crippen LogP contribution in [0.2, 0.25) is 0 Å². The first-order chi connectivity index (χ1) is 16.0. The molecule has 1 atom stereocenters. The van der Waals surface area contributed by atoms with Crippen molar-refractivity contribution in [2.45, 2.75) is 51.9 Å². The Hall–Kier alpha value is -3.62. The maximum atomic E-state index is 13.8. The summed E-state index contributed by atoms with van der Waals surface area (Å²) in [6.45, 7) is 5.08. The van der Waals surface area contributed by atoms with Crippen molar-refractivity contribution in [3.05, 3.63) is 59.4 Å². The molecule has 0 saturated heterocycles. The van der Waals surface area contributed by atoms with Gasteiger partial charge >= 0.3 is 12.1 Å². The average molecular weight is 476 g/mol. The fourth-order valence-electron chi connectivity index (χ4n) is 2.99. The van der Waals surface area contributed by atoms with E-state index in [0.29, 0.717) is 22.6 Å². The summed E-state index contributed by atoms with van der Waals surface area (Å²) < 4.78 is 34.7. The Morgan fingerprint density at radius 3 is 2.35 bits per heavy atom. The van der Waals surface area contributed by atoms with Crippen LogP contribution in [0.25, 0.3) is 0 Å². The first-order valence-corrected chi connectivity index (χ1v) is 10.7. The van der Waals surface area contributed by atoms with E-state index >= 15 is 0 Å². The first-order valence-electron chi connectivity index (χ1n) is 10.7. The third-order valence-corrected chi connectivity index (χ3v) is 4.66. The molecule has 2 aromatic rings. The van der Waals surface area contributed by atoms with Gasteiger partial charge in [0.25, 0.3) is 0 Å². The van der Waals surface area contributed by atoms with E-state index in [-0.39, 0.29) is 31.0 Å². The number of methoxy groups -OCH3 is 2. The smallest absolute Gasteiger partial charge is 0.408 e. The van der Waals surface area contributed by atoms with Crippen LogP contribution in [0, 0.1) is 5.82 Å². The molecule has 2 aromatic carbocycles. The van der Waals surface area contributed by atoms with E-state index in [2.05, 4.69) is 5.32 Å². The standard InChI is InChI=1S/C25H30FNO7/c1-25(2,3)34-24(30)27-19(23(29)32-5)11-12-20(28)16-10-13-21(22(14-16)31-4)33-15-17-8-6-7-9-18(17)26/h6-10,13-14,19H,11-12,15H2,1-5H3,(H,27,30)/t19-/m0/s1. The molecule has 1 N–H and O–H groups in total. The lowest BCUT2D eigenvalue weighted by molar-refractivity contribution is -0.143. The van der Waals surface area contributed by atoms with Gasteiger partial charge in [-0.3, -0.25) is 4.79 Å². The van der Waals surface area contributed by atoms with Crippen LogP contribution in [0.5, 0.6) is 11.5 Å². The minimum absolute atomic E-state index is 0.00648. The van der Waals surface area contributed by atoms with Gasteiger partial charge in [-0.15, -0.1) is 0 Å². The highest BCUT2D eigenvalue weighted by molar-refractivity contribution is 5.97. The van der Waals surface area contributed by atoms with Crippen LogP contribution in [-0.2, 0) is 20.9 Å². The highest BCUT2D eigenvalue weighted by Gasteiger charge is 2.26. The number of carbonyl (C=O) groups excluding carboxylic acids is 3. The van der Waals surface area contributed by atoms with E-state index in [0.717, 1.165) is 0 Å². The van der Waals surface area contributed by atoms with Crippen molar-refractivity contribution in [3.8, 4) is 11.5 Å². The second-order valence-corrected chi connectivity index (χ2v) is 8.43. The molecule has 2 rings (SSSR count). The summed E-state index contributed by atoms with van der Waals surface area (Å²) in [5.41, 5.74) is -0.0280. The molecule has 0 radical (unpaired) electrons. The quantitative estimate of drug-likeness (QED) is 0.400.